The lowest BCUT2D eigenvalue weighted by Crippen LogP contribution is -2.26. The number of rotatable bonds is 10. The van der Waals surface area contributed by atoms with Gasteiger partial charge in [-0.25, -0.2) is 0 Å². The lowest BCUT2D eigenvalue weighted by Gasteiger charge is -2.22. The Balaban J connectivity index is 1.95. The van der Waals surface area contributed by atoms with Gasteiger partial charge < -0.3 is 25.2 Å². The van der Waals surface area contributed by atoms with E-state index in [4.69, 9.17) is 14.6 Å². The van der Waals surface area contributed by atoms with Gasteiger partial charge in [0, 0.05) is 46.1 Å². The predicted molar refractivity (Wildman–Crippen MR) is 139 cm³/mol. The van der Waals surface area contributed by atoms with E-state index in [0.717, 1.165) is 39.3 Å². The van der Waals surface area contributed by atoms with E-state index < -0.39 is 5.97 Å². The van der Waals surface area contributed by atoms with Gasteiger partial charge in [-0.3, -0.25) is 9.59 Å². The fraction of sp³-hybridized carbons (Fsp3) is 0.429. The summed E-state index contributed by atoms with van der Waals surface area (Å²) >= 11 is 0. The van der Waals surface area contributed by atoms with E-state index in [1.54, 1.807) is 27.2 Å². The van der Waals surface area contributed by atoms with Crippen LogP contribution >= 0.6 is 0 Å². The zero-order valence-corrected chi connectivity index (χ0v) is 21.3. The van der Waals surface area contributed by atoms with E-state index in [1.165, 1.54) is 25.7 Å². The van der Waals surface area contributed by atoms with Gasteiger partial charge in [-0.1, -0.05) is 25.0 Å². The highest BCUT2D eigenvalue weighted by Gasteiger charge is 2.22. The van der Waals surface area contributed by atoms with Gasteiger partial charge in [-0.05, 0) is 57.4 Å². The Morgan fingerprint density at radius 2 is 1.66 bits per heavy atom. The molecule has 0 atom stereocenters. The molecule has 2 aromatic carbocycles. The first kappa shape index (κ1) is 26.1. The maximum atomic E-state index is 12.5. The minimum atomic E-state index is -0.956. The van der Waals surface area contributed by atoms with Gasteiger partial charge in [-0.2, -0.15) is 0 Å². The summed E-state index contributed by atoms with van der Waals surface area (Å²) in [6.07, 6.45) is 6.65. The molecule has 1 saturated carbocycles. The summed E-state index contributed by atoms with van der Waals surface area (Å²) < 4.78 is 11.7. The van der Waals surface area contributed by atoms with Crippen LogP contribution < -0.4 is 20.1 Å². The third-order valence-electron chi connectivity index (χ3n) is 6.58. The number of benzene rings is 2. The number of carboxylic acid groups (broad SMARTS) is 1. The molecule has 0 unspecified atom stereocenters. The van der Waals surface area contributed by atoms with Crippen LogP contribution in [0.25, 0.3) is 17.2 Å². The van der Waals surface area contributed by atoms with Crippen molar-refractivity contribution in [2.75, 3.05) is 26.1 Å². The molecule has 0 bridgehead atoms. The van der Waals surface area contributed by atoms with Crippen LogP contribution in [0.2, 0.25) is 0 Å². The minimum Gasteiger partial charge on any atom is -0.496 e. The summed E-state index contributed by atoms with van der Waals surface area (Å²) in [5.41, 5.74) is 6.08. The molecule has 1 fully saturated rings. The predicted octanol–water partition coefficient (Wildman–Crippen LogP) is 5.34. The quantitative estimate of drug-likeness (QED) is 0.398. The number of hydrogen-bond donors (Lipinski definition) is 3. The molecule has 3 rings (SSSR count). The van der Waals surface area contributed by atoms with Crippen molar-refractivity contribution in [1.29, 1.82) is 0 Å². The summed E-state index contributed by atoms with van der Waals surface area (Å²) in [6, 6.07) is 8.95. The van der Waals surface area contributed by atoms with E-state index in [0.29, 0.717) is 17.4 Å². The second-order valence-electron chi connectivity index (χ2n) is 9.04. The minimum absolute atomic E-state index is 0.0718. The highest BCUT2D eigenvalue weighted by molar-refractivity contribution is 5.98. The highest BCUT2D eigenvalue weighted by Crippen LogP contribution is 2.45. The molecule has 7 heteroatoms. The lowest BCUT2D eigenvalue weighted by molar-refractivity contribution is -0.136. The number of carbonyl (C=O) groups excluding carboxylic acids is 1. The Kier molecular flexibility index (Phi) is 8.79. The van der Waals surface area contributed by atoms with Gasteiger partial charge in [0.2, 0.25) is 5.91 Å². The summed E-state index contributed by atoms with van der Waals surface area (Å²) in [7, 11) is 3.26. The molecule has 188 valence electrons. The third-order valence-corrected chi connectivity index (χ3v) is 6.58. The van der Waals surface area contributed by atoms with Crippen molar-refractivity contribution in [2.24, 2.45) is 0 Å². The SMILES string of the molecule is COc1c(C)c(-c2ccc(NC3CCCC3)cc2)c(OC)c(C)c1/C=C(\C)C(=O)NCCC(=O)O. The first-order chi connectivity index (χ1) is 16.8. The number of hydrogen-bond acceptors (Lipinski definition) is 5. The zero-order chi connectivity index (χ0) is 25.5. The van der Waals surface area contributed by atoms with Crippen molar-refractivity contribution in [3.05, 3.63) is 46.5 Å². The number of aliphatic carboxylic acids is 1. The van der Waals surface area contributed by atoms with Crippen LogP contribution in [0.1, 0.15) is 55.7 Å². The summed E-state index contributed by atoms with van der Waals surface area (Å²) in [5, 5.41) is 15.1. The smallest absolute Gasteiger partial charge is 0.305 e. The lowest BCUT2D eigenvalue weighted by atomic mass is 9.91. The molecule has 7 nitrogen and oxygen atoms in total. The Hall–Kier alpha value is -3.48. The molecule has 0 radical (unpaired) electrons. The largest absolute Gasteiger partial charge is 0.496 e. The van der Waals surface area contributed by atoms with Crippen LogP contribution in [0.4, 0.5) is 5.69 Å². The number of ether oxygens (including phenoxy) is 2. The molecule has 35 heavy (non-hydrogen) atoms. The maximum absolute atomic E-state index is 12.5. The zero-order valence-electron chi connectivity index (χ0n) is 21.3. The van der Waals surface area contributed by atoms with E-state index in [1.807, 2.05) is 13.8 Å². The number of anilines is 1. The Morgan fingerprint density at radius 1 is 1.03 bits per heavy atom. The molecule has 1 aliphatic rings. The summed E-state index contributed by atoms with van der Waals surface area (Å²) in [5.74, 6) is 0.121. The number of methoxy groups -OCH3 is 2. The number of nitrogens with one attached hydrogen (secondary N) is 2. The molecule has 3 N–H and O–H groups in total. The van der Waals surface area contributed by atoms with Crippen LogP contribution in [0, 0.1) is 13.8 Å². The van der Waals surface area contributed by atoms with Crippen LogP contribution in [-0.2, 0) is 9.59 Å². The van der Waals surface area contributed by atoms with Crippen LogP contribution in [0.3, 0.4) is 0 Å². The second-order valence-corrected chi connectivity index (χ2v) is 9.04. The van der Waals surface area contributed by atoms with Crippen LogP contribution in [-0.4, -0.2) is 43.8 Å². The molecular formula is C28H36N2O5. The van der Waals surface area contributed by atoms with Gasteiger partial charge in [0.15, 0.2) is 0 Å². The summed E-state index contributed by atoms with van der Waals surface area (Å²) in [4.78, 5) is 23.2. The Labute approximate surface area is 207 Å². The molecule has 2 aromatic rings. The van der Waals surface area contributed by atoms with E-state index >= 15 is 0 Å². The topological polar surface area (TPSA) is 96.9 Å². The molecule has 1 amide bonds. The van der Waals surface area contributed by atoms with E-state index in [2.05, 4.69) is 34.9 Å². The standard InChI is InChI=1S/C28H36N2O5/c1-17(28(33)29-15-14-24(31)32)16-23-18(2)27(35-5)25(19(3)26(23)34-4)20-10-12-22(13-11-20)30-21-8-6-7-9-21/h10-13,16,21,30H,6-9,14-15H2,1-5H3,(H,29,33)(H,31,32)/b17-16+. The van der Waals surface area contributed by atoms with Crippen molar-refractivity contribution >= 4 is 23.6 Å². The van der Waals surface area contributed by atoms with Crippen LogP contribution in [0.15, 0.2) is 29.8 Å². The van der Waals surface area contributed by atoms with E-state index in [9.17, 15) is 9.59 Å². The van der Waals surface area contributed by atoms with Gasteiger partial charge in [0.1, 0.15) is 11.5 Å². The van der Waals surface area contributed by atoms with Crippen molar-refractivity contribution in [2.45, 2.75) is 58.9 Å². The fourth-order valence-corrected chi connectivity index (χ4v) is 4.75. The van der Waals surface area contributed by atoms with Crippen molar-refractivity contribution in [3.8, 4) is 22.6 Å². The number of carbonyl (C=O) groups is 2. The van der Waals surface area contributed by atoms with Crippen molar-refractivity contribution < 1.29 is 24.2 Å². The third kappa shape index (κ3) is 6.15. The van der Waals surface area contributed by atoms with Crippen molar-refractivity contribution in [1.82, 2.24) is 5.32 Å². The van der Waals surface area contributed by atoms with E-state index in [-0.39, 0.29) is 18.9 Å². The second kappa shape index (κ2) is 11.8. The average molecular weight is 481 g/mol. The first-order valence-corrected chi connectivity index (χ1v) is 12.1. The molecule has 0 aromatic heterocycles. The van der Waals surface area contributed by atoms with Gasteiger partial charge in [0.05, 0.1) is 20.6 Å². The molecule has 0 spiro atoms. The van der Waals surface area contributed by atoms with Crippen LogP contribution in [0.5, 0.6) is 11.5 Å². The Bertz CT molecular complexity index is 1100. The monoisotopic (exact) mass is 480 g/mol. The Morgan fingerprint density at radius 3 is 2.23 bits per heavy atom. The number of amides is 1. The molecule has 0 aliphatic heterocycles. The normalized spacial score (nSPS) is 14.0. The maximum Gasteiger partial charge on any atom is 0.305 e. The summed E-state index contributed by atoms with van der Waals surface area (Å²) in [6.45, 7) is 5.70. The van der Waals surface area contributed by atoms with Crippen molar-refractivity contribution in [3.63, 3.8) is 0 Å². The van der Waals surface area contributed by atoms with Gasteiger partial charge >= 0.3 is 5.97 Å². The fourth-order valence-electron chi connectivity index (χ4n) is 4.75. The highest BCUT2D eigenvalue weighted by atomic mass is 16.5. The molecular weight excluding hydrogens is 444 g/mol. The first-order valence-electron chi connectivity index (χ1n) is 12.1. The molecule has 0 heterocycles. The molecule has 1 aliphatic carbocycles. The average Bonchev–Trinajstić information content (AvgIpc) is 3.34. The number of carboxylic acids is 1. The van der Waals surface area contributed by atoms with Gasteiger partial charge in [0.25, 0.3) is 0 Å². The van der Waals surface area contributed by atoms with Gasteiger partial charge in [-0.15, -0.1) is 0 Å². The molecule has 0 saturated heterocycles.